The average molecular weight is 555 g/mol. The molecule has 190 valence electrons. The lowest BCUT2D eigenvalue weighted by Gasteiger charge is -2.12. The number of rotatable bonds is 5. The first-order valence-corrected chi connectivity index (χ1v) is 12.8. The minimum Gasteiger partial charge on any atom is -0.334 e. The van der Waals surface area contributed by atoms with Crippen LogP contribution in [0.5, 0.6) is 0 Å². The second-order valence-electron chi connectivity index (χ2n) is 8.41. The van der Waals surface area contributed by atoms with Gasteiger partial charge in [0.25, 0.3) is 5.91 Å². The molecule has 0 aliphatic heterocycles. The van der Waals surface area contributed by atoms with Crippen molar-refractivity contribution in [2.24, 2.45) is 0 Å². The first-order valence-electron chi connectivity index (χ1n) is 11.6. The van der Waals surface area contributed by atoms with Crippen LogP contribution in [0.2, 0.25) is 5.02 Å². The molecule has 0 fully saturated rings. The first kappa shape index (κ1) is 24.7. The summed E-state index contributed by atoms with van der Waals surface area (Å²) in [6, 6.07) is 20.6. The topological polar surface area (TPSA) is 114 Å². The smallest absolute Gasteiger partial charge is 0.278 e. The van der Waals surface area contributed by atoms with Crippen LogP contribution in [0.4, 0.5) is 4.39 Å². The molecular formula is C28H16ClFN6O2S. The SMILES string of the molecule is O=C(NSc1ccc(F)cn1)c1cc(=O)c2nc(-c3cc(Cl)c4ncccc4c3)c(-c3ccccc3)nc2[nH]1. The summed E-state index contributed by atoms with van der Waals surface area (Å²) in [5.41, 5.74) is 2.76. The second-order valence-corrected chi connectivity index (χ2v) is 9.65. The van der Waals surface area contributed by atoms with E-state index >= 15 is 0 Å². The Morgan fingerprint density at radius 3 is 2.51 bits per heavy atom. The fourth-order valence-corrected chi connectivity index (χ4v) is 4.86. The summed E-state index contributed by atoms with van der Waals surface area (Å²) in [5, 5.41) is 1.64. The monoisotopic (exact) mass is 554 g/mol. The van der Waals surface area contributed by atoms with Crippen LogP contribution in [0.25, 0.3) is 44.6 Å². The van der Waals surface area contributed by atoms with Crippen LogP contribution in [-0.2, 0) is 0 Å². The summed E-state index contributed by atoms with van der Waals surface area (Å²) in [6.07, 6.45) is 2.71. The fraction of sp³-hybridized carbons (Fsp3) is 0. The van der Waals surface area contributed by atoms with Crippen molar-refractivity contribution >= 4 is 51.5 Å². The molecule has 39 heavy (non-hydrogen) atoms. The van der Waals surface area contributed by atoms with E-state index in [-0.39, 0.29) is 16.9 Å². The molecule has 11 heteroatoms. The zero-order chi connectivity index (χ0) is 26.9. The molecule has 0 spiro atoms. The number of fused-ring (bicyclic) bond motifs is 2. The molecule has 0 radical (unpaired) electrons. The number of aromatic amines is 1. The van der Waals surface area contributed by atoms with Crippen molar-refractivity contribution in [3.05, 3.63) is 112 Å². The van der Waals surface area contributed by atoms with E-state index < -0.39 is 17.2 Å². The number of amides is 1. The maximum atomic E-state index is 13.1. The van der Waals surface area contributed by atoms with Gasteiger partial charge in [-0.05, 0) is 30.3 Å². The fourth-order valence-electron chi connectivity index (χ4n) is 4.04. The van der Waals surface area contributed by atoms with E-state index in [1.807, 2.05) is 48.5 Å². The Bertz CT molecular complexity index is 1930. The predicted molar refractivity (Wildman–Crippen MR) is 149 cm³/mol. The van der Waals surface area contributed by atoms with Gasteiger partial charge < -0.3 is 4.98 Å². The molecule has 6 rings (SSSR count). The molecule has 2 N–H and O–H groups in total. The summed E-state index contributed by atoms with van der Waals surface area (Å²) in [7, 11) is 0. The van der Waals surface area contributed by atoms with E-state index in [1.54, 1.807) is 12.3 Å². The van der Waals surface area contributed by atoms with Gasteiger partial charge in [0.1, 0.15) is 16.5 Å². The number of hydrogen-bond donors (Lipinski definition) is 2. The second kappa shape index (κ2) is 10.2. The molecule has 8 nitrogen and oxygen atoms in total. The van der Waals surface area contributed by atoms with Gasteiger partial charge in [-0.15, -0.1) is 0 Å². The Kier molecular flexibility index (Phi) is 6.47. The number of benzene rings is 2. The third-order valence-electron chi connectivity index (χ3n) is 5.83. The Balaban J connectivity index is 1.46. The molecule has 0 unspecified atom stereocenters. The van der Waals surface area contributed by atoms with Crippen LogP contribution in [0.1, 0.15) is 10.5 Å². The van der Waals surface area contributed by atoms with E-state index in [1.165, 1.54) is 12.1 Å². The molecule has 2 aromatic carbocycles. The maximum Gasteiger partial charge on any atom is 0.278 e. The van der Waals surface area contributed by atoms with E-state index in [9.17, 15) is 14.0 Å². The summed E-state index contributed by atoms with van der Waals surface area (Å²) < 4.78 is 15.7. The largest absolute Gasteiger partial charge is 0.334 e. The summed E-state index contributed by atoms with van der Waals surface area (Å²) in [6.45, 7) is 0. The van der Waals surface area contributed by atoms with Crippen molar-refractivity contribution in [2.45, 2.75) is 5.03 Å². The number of carbonyl (C=O) groups excluding carboxylic acids is 1. The standard InChI is InChI=1S/C28H16ClFN6O2S/c29-19-12-17(11-16-7-4-10-31-23(16)19)25-24(15-5-2-1-3-6-15)35-27-26(34-25)21(37)13-20(33-27)28(38)36-39-22-9-8-18(30)14-32-22/h1-14H,(H,36,38)(H,33,35,37). The zero-order valence-electron chi connectivity index (χ0n) is 19.9. The van der Waals surface area contributed by atoms with Crippen LogP contribution < -0.4 is 10.2 Å². The molecule has 0 aliphatic rings. The number of nitrogens with one attached hydrogen (secondary N) is 2. The Labute approximate surface area is 229 Å². The van der Waals surface area contributed by atoms with Crippen molar-refractivity contribution in [1.29, 1.82) is 0 Å². The number of hydrogen-bond acceptors (Lipinski definition) is 7. The number of carbonyl (C=O) groups is 1. The van der Waals surface area contributed by atoms with E-state index in [4.69, 9.17) is 21.6 Å². The number of nitrogens with zero attached hydrogens (tertiary/aromatic N) is 4. The average Bonchev–Trinajstić information content (AvgIpc) is 2.96. The molecule has 0 aliphatic carbocycles. The van der Waals surface area contributed by atoms with Gasteiger partial charge in [-0.1, -0.05) is 48.0 Å². The summed E-state index contributed by atoms with van der Waals surface area (Å²) in [4.78, 5) is 46.5. The van der Waals surface area contributed by atoms with Crippen LogP contribution in [-0.4, -0.2) is 30.8 Å². The molecule has 4 heterocycles. The first-order chi connectivity index (χ1) is 19.0. The van der Waals surface area contributed by atoms with Gasteiger partial charge in [-0.2, -0.15) is 0 Å². The van der Waals surface area contributed by atoms with E-state index in [0.717, 1.165) is 35.2 Å². The van der Waals surface area contributed by atoms with E-state index in [2.05, 4.69) is 19.7 Å². The van der Waals surface area contributed by atoms with Gasteiger partial charge in [-0.3, -0.25) is 19.3 Å². The van der Waals surface area contributed by atoms with Gasteiger partial charge in [0.2, 0.25) is 5.43 Å². The van der Waals surface area contributed by atoms with Crippen molar-refractivity contribution in [3.8, 4) is 22.5 Å². The molecule has 1 amide bonds. The van der Waals surface area contributed by atoms with Crippen molar-refractivity contribution in [2.75, 3.05) is 0 Å². The molecule has 0 saturated heterocycles. The van der Waals surface area contributed by atoms with Crippen LogP contribution in [0, 0.1) is 5.82 Å². The van der Waals surface area contributed by atoms with Gasteiger partial charge in [-0.25, -0.2) is 19.3 Å². The molecule has 4 aromatic heterocycles. The molecule has 0 atom stereocenters. The van der Waals surface area contributed by atoms with E-state index in [0.29, 0.717) is 32.5 Å². The lowest BCUT2D eigenvalue weighted by Crippen LogP contribution is -2.21. The van der Waals surface area contributed by atoms with Crippen molar-refractivity contribution in [3.63, 3.8) is 0 Å². The highest BCUT2D eigenvalue weighted by Crippen LogP contribution is 2.34. The Morgan fingerprint density at radius 1 is 0.897 bits per heavy atom. The normalized spacial score (nSPS) is 11.1. The summed E-state index contributed by atoms with van der Waals surface area (Å²) >= 11 is 7.44. The van der Waals surface area contributed by atoms with Crippen LogP contribution in [0.15, 0.2) is 95.0 Å². The number of H-pyrrole nitrogens is 1. The Morgan fingerprint density at radius 2 is 1.72 bits per heavy atom. The van der Waals surface area contributed by atoms with Crippen molar-refractivity contribution < 1.29 is 9.18 Å². The molecule has 0 saturated carbocycles. The third kappa shape index (κ3) is 4.95. The predicted octanol–water partition coefficient (Wildman–Crippen LogP) is 5.82. The molecular weight excluding hydrogens is 539 g/mol. The quantitative estimate of drug-likeness (QED) is 0.258. The lowest BCUT2D eigenvalue weighted by atomic mass is 10.0. The highest BCUT2D eigenvalue weighted by atomic mass is 35.5. The Hall–Kier alpha value is -4.67. The van der Waals surface area contributed by atoms with Gasteiger partial charge >= 0.3 is 0 Å². The lowest BCUT2D eigenvalue weighted by molar-refractivity contribution is 0.0979. The zero-order valence-corrected chi connectivity index (χ0v) is 21.4. The van der Waals surface area contributed by atoms with Crippen molar-refractivity contribution in [1.82, 2.24) is 29.6 Å². The van der Waals surface area contributed by atoms with Crippen LogP contribution >= 0.6 is 23.5 Å². The number of pyridine rings is 3. The number of halogens is 2. The highest BCUT2D eigenvalue weighted by molar-refractivity contribution is 7.97. The minimum atomic E-state index is -0.578. The minimum absolute atomic E-state index is 0.0111. The third-order valence-corrected chi connectivity index (χ3v) is 6.86. The van der Waals surface area contributed by atoms with Gasteiger partial charge in [0.15, 0.2) is 11.2 Å². The van der Waals surface area contributed by atoms with Gasteiger partial charge in [0, 0.05) is 40.7 Å². The highest BCUT2D eigenvalue weighted by Gasteiger charge is 2.19. The van der Waals surface area contributed by atoms with Crippen LogP contribution in [0.3, 0.4) is 0 Å². The number of aromatic nitrogens is 5. The summed E-state index contributed by atoms with van der Waals surface area (Å²) in [5.74, 6) is -1.06. The van der Waals surface area contributed by atoms with Gasteiger partial charge in [0.05, 0.1) is 28.1 Å². The molecule has 6 aromatic rings. The maximum absolute atomic E-state index is 13.1. The molecule has 0 bridgehead atoms.